The van der Waals surface area contributed by atoms with Crippen LogP contribution < -0.4 is 10.6 Å². The summed E-state index contributed by atoms with van der Waals surface area (Å²) in [5.41, 5.74) is 4.27. The average molecular weight is 242 g/mol. The van der Waals surface area contributed by atoms with Crippen LogP contribution in [0.2, 0.25) is 0 Å². The molecule has 3 heteroatoms. The van der Waals surface area contributed by atoms with Crippen molar-refractivity contribution in [3.63, 3.8) is 0 Å². The van der Waals surface area contributed by atoms with E-state index in [9.17, 15) is 0 Å². The summed E-state index contributed by atoms with van der Waals surface area (Å²) in [6, 6.07) is 10.7. The Balaban J connectivity index is 1.59. The van der Waals surface area contributed by atoms with Gasteiger partial charge in [0.05, 0.1) is 12.8 Å². The van der Waals surface area contributed by atoms with Gasteiger partial charge in [0.1, 0.15) is 5.76 Å². The summed E-state index contributed by atoms with van der Waals surface area (Å²) in [5.74, 6) is 0.981. The first-order valence-electron chi connectivity index (χ1n) is 6.46. The molecule has 0 saturated carbocycles. The summed E-state index contributed by atoms with van der Waals surface area (Å²) in [6.07, 6.45) is 2.86. The molecule has 3 rings (SSSR count). The number of hydrogen-bond acceptors (Lipinski definition) is 3. The molecule has 0 amide bonds. The molecule has 2 N–H and O–H groups in total. The van der Waals surface area contributed by atoms with Gasteiger partial charge in [0.2, 0.25) is 0 Å². The van der Waals surface area contributed by atoms with Crippen LogP contribution in [-0.4, -0.2) is 6.54 Å². The van der Waals surface area contributed by atoms with E-state index in [0.717, 1.165) is 38.4 Å². The minimum absolute atomic E-state index is 0.780. The van der Waals surface area contributed by atoms with Gasteiger partial charge in [-0.3, -0.25) is 0 Å². The van der Waals surface area contributed by atoms with Gasteiger partial charge in [-0.2, -0.15) is 0 Å². The maximum atomic E-state index is 5.29. The SMILES string of the molecule is c1coc(CNCc2ccc3c(c2)CNCC3)c1. The number of nitrogens with one attached hydrogen (secondary N) is 2. The van der Waals surface area contributed by atoms with Gasteiger partial charge in [0, 0.05) is 13.1 Å². The summed E-state index contributed by atoms with van der Waals surface area (Å²) in [6.45, 7) is 3.76. The number of benzene rings is 1. The van der Waals surface area contributed by atoms with Crippen molar-refractivity contribution in [2.45, 2.75) is 26.1 Å². The Kier molecular flexibility index (Phi) is 3.44. The van der Waals surface area contributed by atoms with Crippen molar-refractivity contribution in [2.24, 2.45) is 0 Å². The predicted molar refractivity (Wildman–Crippen MR) is 71.1 cm³/mol. The summed E-state index contributed by atoms with van der Waals surface area (Å²) in [7, 11) is 0. The second-order valence-electron chi connectivity index (χ2n) is 4.71. The quantitative estimate of drug-likeness (QED) is 0.863. The summed E-state index contributed by atoms with van der Waals surface area (Å²) >= 11 is 0. The predicted octanol–water partition coefficient (Wildman–Crippen LogP) is 2.22. The van der Waals surface area contributed by atoms with Gasteiger partial charge in [-0.25, -0.2) is 0 Å². The summed E-state index contributed by atoms with van der Waals surface area (Å²) in [5, 5.41) is 6.81. The van der Waals surface area contributed by atoms with Crippen molar-refractivity contribution in [2.75, 3.05) is 6.54 Å². The average Bonchev–Trinajstić information content (AvgIpc) is 2.92. The summed E-state index contributed by atoms with van der Waals surface area (Å²) < 4.78 is 5.29. The zero-order chi connectivity index (χ0) is 12.2. The molecule has 0 unspecified atom stereocenters. The Labute approximate surface area is 107 Å². The minimum atomic E-state index is 0.780. The normalized spacial score (nSPS) is 14.4. The van der Waals surface area contributed by atoms with Crippen LogP contribution in [0.5, 0.6) is 0 Å². The molecule has 0 bridgehead atoms. The van der Waals surface area contributed by atoms with E-state index in [-0.39, 0.29) is 0 Å². The topological polar surface area (TPSA) is 37.2 Å². The van der Waals surface area contributed by atoms with E-state index in [1.165, 1.54) is 16.7 Å². The van der Waals surface area contributed by atoms with Gasteiger partial charge in [0.25, 0.3) is 0 Å². The molecular formula is C15H18N2O. The van der Waals surface area contributed by atoms with Crippen LogP contribution in [0.1, 0.15) is 22.5 Å². The molecule has 1 aliphatic heterocycles. The van der Waals surface area contributed by atoms with Gasteiger partial charge in [0.15, 0.2) is 0 Å². The third-order valence-electron chi connectivity index (χ3n) is 3.37. The lowest BCUT2D eigenvalue weighted by Gasteiger charge is -2.18. The maximum absolute atomic E-state index is 5.29. The highest BCUT2D eigenvalue weighted by atomic mass is 16.3. The molecule has 0 fully saturated rings. The lowest BCUT2D eigenvalue weighted by atomic mass is 9.98. The largest absolute Gasteiger partial charge is 0.468 e. The van der Waals surface area contributed by atoms with Gasteiger partial charge < -0.3 is 15.1 Å². The highest BCUT2D eigenvalue weighted by Gasteiger charge is 2.08. The van der Waals surface area contributed by atoms with E-state index in [0.29, 0.717) is 0 Å². The Bertz CT molecular complexity index is 505. The molecule has 0 spiro atoms. The highest BCUT2D eigenvalue weighted by Crippen LogP contribution is 2.15. The van der Waals surface area contributed by atoms with Gasteiger partial charge in [-0.15, -0.1) is 0 Å². The number of rotatable bonds is 4. The Hall–Kier alpha value is -1.58. The van der Waals surface area contributed by atoms with Gasteiger partial charge in [-0.05, 0) is 41.8 Å². The molecule has 1 aromatic carbocycles. The molecule has 0 aliphatic carbocycles. The van der Waals surface area contributed by atoms with Crippen LogP contribution in [-0.2, 0) is 26.1 Å². The summed E-state index contributed by atoms with van der Waals surface area (Å²) in [4.78, 5) is 0. The zero-order valence-corrected chi connectivity index (χ0v) is 10.4. The molecular weight excluding hydrogens is 224 g/mol. The highest BCUT2D eigenvalue weighted by molar-refractivity contribution is 5.33. The monoisotopic (exact) mass is 242 g/mol. The minimum Gasteiger partial charge on any atom is -0.468 e. The van der Waals surface area contributed by atoms with Crippen molar-refractivity contribution in [1.29, 1.82) is 0 Å². The van der Waals surface area contributed by atoms with Crippen LogP contribution in [0.3, 0.4) is 0 Å². The molecule has 1 aromatic heterocycles. The lowest BCUT2D eigenvalue weighted by molar-refractivity contribution is 0.483. The van der Waals surface area contributed by atoms with Gasteiger partial charge in [-0.1, -0.05) is 18.2 Å². The number of furan rings is 1. The molecule has 0 radical (unpaired) electrons. The van der Waals surface area contributed by atoms with Crippen LogP contribution in [0.25, 0.3) is 0 Å². The Morgan fingerprint density at radius 1 is 1.17 bits per heavy atom. The molecule has 0 atom stereocenters. The Morgan fingerprint density at radius 3 is 3.06 bits per heavy atom. The molecule has 3 nitrogen and oxygen atoms in total. The fourth-order valence-electron chi connectivity index (χ4n) is 2.39. The van der Waals surface area contributed by atoms with Crippen molar-refractivity contribution in [1.82, 2.24) is 10.6 Å². The maximum Gasteiger partial charge on any atom is 0.117 e. The third-order valence-corrected chi connectivity index (χ3v) is 3.37. The van der Waals surface area contributed by atoms with Crippen LogP contribution in [0, 0.1) is 0 Å². The molecule has 94 valence electrons. The fraction of sp³-hybridized carbons (Fsp3) is 0.333. The third kappa shape index (κ3) is 2.63. The van der Waals surface area contributed by atoms with E-state index in [1.807, 2.05) is 12.1 Å². The van der Waals surface area contributed by atoms with E-state index in [1.54, 1.807) is 6.26 Å². The standard InChI is InChI=1S/C15H18N2O/c1-2-15(18-7-1)11-17-9-12-3-4-13-5-6-16-10-14(13)8-12/h1-4,7-8,16-17H,5-6,9-11H2. The molecule has 2 aromatic rings. The molecule has 0 saturated heterocycles. The first-order valence-corrected chi connectivity index (χ1v) is 6.46. The van der Waals surface area contributed by atoms with E-state index in [4.69, 9.17) is 4.42 Å². The van der Waals surface area contributed by atoms with E-state index >= 15 is 0 Å². The van der Waals surface area contributed by atoms with Crippen molar-refractivity contribution < 1.29 is 4.42 Å². The smallest absolute Gasteiger partial charge is 0.117 e. The number of fused-ring (bicyclic) bond motifs is 1. The second-order valence-corrected chi connectivity index (χ2v) is 4.71. The first-order chi connectivity index (χ1) is 8.92. The zero-order valence-electron chi connectivity index (χ0n) is 10.4. The molecule has 18 heavy (non-hydrogen) atoms. The van der Waals surface area contributed by atoms with E-state index < -0.39 is 0 Å². The Morgan fingerprint density at radius 2 is 2.17 bits per heavy atom. The number of hydrogen-bond donors (Lipinski definition) is 2. The van der Waals surface area contributed by atoms with Crippen LogP contribution in [0.15, 0.2) is 41.0 Å². The van der Waals surface area contributed by atoms with E-state index in [2.05, 4.69) is 28.8 Å². The van der Waals surface area contributed by atoms with Crippen molar-refractivity contribution in [3.05, 3.63) is 59.0 Å². The van der Waals surface area contributed by atoms with Crippen LogP contribution in [0.4, 0.5) is 0 Å². The van der Waals surface area contributed by atoms with Crippen LogP contribution >= 0.6 is 0 Å². The first kappa shape index (κ1) is 11.5. The fourth-order valence-corrected chi connectivity index (χ4v) is 2.39. The second kappa shape index (κ2) is 5.38. The van der Waals surface area contributed by atoms with Crippen molar-refractivity contribution >= 4 is 0 Å². The lowest BCUT2D eigenvalue weighted by Crippen LogP contribution is -2.24. The van der Waals surface area contributed by atoms with Gasteiger partial charge >= 0.3 is 0 Å². The van der Waals surface area contributed by atoms with Crippen molar-refractivity contribution in [3.8, 4) is 0 Å². The molecule has 1 aliphatic rings. The molecule has 2 heterocycles.